The fourth-order valence-electron chi connectivity index (χ4n) is 4.37. The Hall–Kier alpha value is -2.27. The molecule has 4 heterocycles. The summed E-state index contributed by atoms with van der Waals surface area (Å²) < 4.78 is 0. The molecule has 1 atom stereocenters. The first kappa shape index (κ1) is 17.2. The molecule has 5 nitrogen and oxygen atoms in total. The third-order valence-electron chi connectivity index (χ3n) is 5.87. The van der Waals surface area contributed by atoms with Crippen LogP contribution in [-0.2, 0) is 6.54 Å². The van der Waals surface area contributed by atoms with Crippen LogP contribution in [-0.4, -0.2) is 51.9 Å². The number of carbonyl (C=O) groups is 1. The molecule has 0 saturated carbocycles. The van der Waals surface area contributed by atoms with Gasteiger partial charge in [0.15, 0.2) is 0 Å². The Morgan fingerprint density at radius 2 is 1.73 bits per heavy atom. The lowest BCUT2D eigenvalue weighted by atomic mass is 9.83. The summed E-state index contributed by atoms with van der Waals surface area (Å²) in [7, 11) is 0. The Kier molecular flexibility index (Phi) is 5.25. The van der Waals surface area contributed by atoms with Crippen LogP contribution in [0.4, 0.5) is 0 Å². The van der Waals surface area contributed by atoms with Gasteiger partial charge < -0.3 is 4.90 Å². The molecular weight excluding hydrogens is 324 g/mol. The van der Waals surface area contributed by atoms with Crippen LogP contribution in [0.3, 0.4) is 0 Å². The normalized spacial score (nSPS) is 21.8. The molecule has 0 aliphatic carbocycles. The van der Waals surface area contributed by atoms with Crippen LogP contribution in [0.5, 0.6) is 0 Å². The maximum atomic E-state index is 12.6. The average Bonchev–Trinajstić information content (AvgIpc) is 3.20. The van der Waals surface area contributed by atoms with Crippen molar-refractivity contribution in [3.05, 3.63) is 60.2 Å². The van der Waals surface area contributed by atoms with E-state index in [9.17, 15) is 4.79 Å². The molecular formula is C21H26N4O. The maximum absolute atomic E-state index is 12.6. The zero-order valence-corrected chi connectivity index (χ0v) is 15.1. The highest BCUT2D eigenvalue weighted by Crippen LogP contribution is 2.32. The van der Waals surface area contributed by atoms with E-state index in [0.29, 0.717) is 5.92 Å². The molecule has 2 aliphatic heterocycles. The van der Waals surface area contributed by atoms with Crippen molar-refractivity contribution in [1.29, 1.82) is 0 Å². The summed E-state index contributed by atoms with van der Waals surface area (Å²) in [5.74, 6) is 1.56. The molecule has 2 aromatic heterocycles. The standard InChI is InChI=1S/C21H26N4O/c26-21(19-3-9-22-10-4-19)25-13-7-20(16-25)18-5-11-24(12-6-18)15-17-2-1-8-23-14-17/h1-4,8-10,14,18,20H,5-7,11-13,15-16H2/t20-/m0/s1. The van der Waals surface area contributed by atoms with E-state index in [1.165, 1.54) is 18.4 Å². The van der Waals surface area contributed by atoms with Crippen molar-refractivity contribution in [2.45, 2.75) is 25.8 Å². The van der Waals surface area contributed by atoms with E-state index >= 15 is 0 Å². The van der Waals surface area contributed by atoms with E-state index in [1.807, 2.05) is 35.5 Å². The topological polar surface area (TPSA) is 49.3 Å². The molecule has 0 aromatic carbocycles. The smallest absolute Gasteiger partial charge is 0.253 e. The van der Waals surface area contributed by atoms with Crippen LogP contribution >= 0.6 is 0 Å². The number of pyridine rings is 2. The monoisotopic (exact) mass is 350 g/mol. The molecule has 0 radical (unpaired) electrons. The minimum absolute atomic E-state index is 0.156. The molecule has 2 fully saturated rings. The highest BCUT2D eigenvalue weighted by atomic mass is 16.2. The zero-order chi connectivity index (χ0) is 17.8. The predicted octanol–water partition coefficient (Wildman–Crippen LogP) is 2.85. The summed E-state index contributed by atoms with van der Waals surface area (Å²) in [4.78, 5) is 25.4. The van der Waals surface area contributed by atoms with Crippen molar-refractivity contribution < 1.29 is 4.79 Å². The lowest BCUT2D eigenvalue weighted by molar-refractivity contribution is 0.0773. The predicted molar refractivity (Wildman–Crippen MR) is 100 cm³/mol. The molecule has 5 heteroatoms. The van der Waals surface area contributed by atoms with E-state index < -0.39 is 0 Å². The largest absolute Gasteiger partial charge is 0.338 e. The number of hydrogen-bond donors (Lipinski definition) is 0. The third kappa shape index (κ3) is 3.93. The highest BCUT2D eigenvalue weighted by Gasteiger charge is 2.33. The summed E-state index contributed by atoms with van der Waals surface area (Å²) in [6, 6.07) is 7.78. The van der Waals surface area contributed by atoms with E-state index in [2.05, 4.69) is 20.9 Å². The number of nitrogens with zero attached hydrogens (tertiary/aromatic N) is 4. The minimum atomic E-state index is 0.156. The molecule has 2 aromatic rings. The van der Waals surface area contributed by atoms with Gasteiger partial charge in [-0.05, 0) is 68.0 Å². The van der Waals surface area contributed by atoms with Crippen molar-refractivity contribution >= 4 is 5.91 Å². The maximum Gasteiger partial charge on any atom is 0.253 e. The van der Waals surface area contributed by atoms with Crippen molar-refractivity contribution in [3.8, 4) is 0 Å². The molecule has 0 N–H and O–H groups in total. The van der Waals surface area contributed by atoms with Gasteiger partial charge in [0.05, 0.1) is 0 Å². The number of hydrogen-bond acceptors (Lipinski definition) is 4. The van der Waals surface area contributed by atoms with Crippen LogP contribution < -0.4 is 0 Å². The van der Waals surface area contributed by atoms with Gasteiger partial charge in [-0.15, -0.1) is 0 Å². The molecule has 1 amide bonds. The quantitative estimate of drug-likeness (QED) is 0.851. The number of aromatic nitrogens is 2. The number of rotatable bonds is 4. The molecule has 136 valence electrons. The van der Waals surface area contributed by atoms with Crippen LogP contribution in [0.25, 0.3) is 0 Å². The van der Waals surface area contributed by atoms with Crippen molar-refractivity contribution in [2.75, 3.05) is 26.2 Å². The van der Waals surface area contributed by atoms with Crippen molar-refractivity contribution in [2.24, 2.45) is 11.8 Å². The average molecular weight is 350 g/mol. The van der Waals surface area contributed by atoms with E-state index in [-0.39, 0.29) is 5.91 Å². The van der Waals surface area contributed by atoms with Crippen LogP contribution in [0.2, 0.25) is 0 Å². The Labute approximate surface area is 155 Å². The van der Waals surface area contributed by atoms with Gasteiger partial charge in [0.2, 0.25) is 0 Å². The number of carbonyl (C=O) groups excluding carboxylic acids is 1. The highest BCUT2D eigenvalue weighted by molar-refractivity contribution is 5.94. The molecule has 0 unspecified atom stereocenters. The Morgan fingerprint density at radius 1 is 0.962 bits per heavy atom. The van der Waals surface area contributed by atoms with Crippen LogP contribution in [0.15, 0.2) is 49.1 Å². The summed E-state index contributed by atoms with van der Waals surface area (Å²) in [5.41, 5.74) is 2.05. The lowest BCUT2D eigenvalue weighted by Crippen LogP contribution is -2.37. The fraction of sp³-hybridized carbons (Fsp3) is 0.476. The van der Waals surface area contributed by atoms with Gasteiger partial charge in [-0.3, -0.25) is 19.7 Å². The number of likely N-dealkylation sites (tertiary alicyclic amines) is 2. The second-order valence-electron chi connectivity index (χ2n) is 7.51. The summed E-state index contributed by atoms with van der Waals surface area (Å²) in [5, 5.41) is 0. The summed E-state index contributed by atoms with van der Waals surface area (Å²) in [6.45, 7) is 5.09. The van der Waals surface area contributed by atoms with Gasteiger partial charge in [-0.2, -0.15) is 0 Å². The lowest BCUT2D eigenvalue weighted by Gasteiger charge is -2.34. The van der Waals surface area contributed by atoms with Gasteiger partial charge >= 0.3 is 0 Å². The molecule has 2 saturated heterocycles. The van der Waals surface area contributed by atoms with Gasteiger partial charge in [-0.25, -0.2) is 0 Å². The SMILES string of the molecule is O=C(c1ccncc1)N1CC[C@H](C2CCN(Cc3cccnc3)CC2)C1. The van der Waals surface area contributed by atoms with Crippen LogP contribution in [0, 0.1) is 11.8 Å². The number of piperidine rings is 1. The second-order valence-corrected chi connectivity index (χ2v) is 7.51. The van der Waals surface area contributed by atoms with Gasteiger partial charge in [-0.1, -0.05) is 6.07 Å². The van der Waals surface area contributed by atoms with Crippen molar-refractivity contribution in [1.82, 2.24) is 19.8 Å². The van der Waals surface area contributed by atoms with E-state index in [1.54, 1.807) is 12.4 Å². The number of amides is 1. The molecule has 4 rings (SSSR count). The van der Waals surface area contributed by atoms with Gasteiger partial charge in [0, 0.05) is 50.0 Å². The fourth-order valence-corrected chi connectivity index (χ4v) is 4.37. The minimum Gasteiger partial charge on any atom is -0.338 e. The first-order valence-electron chi connectivity index (χ1n) is 9.60. The first-order valence-corrected chi connectivity index (χ1v) is 9.60. The summed E-state index contributed by atoms with van der Waals surface area (Å²) in [6.07, 6.45) is 10.8. The molecule has 0 spiro atoms. The first-order chi connectivity index (χ1) is 12.8. The van der Waals surface area contributed by atoms with Gasteiger partial charge in [0.1, 0.15) is 0 Å². The Bertz CT molecular complexity index is 713. The summed E-state index contributed by atoms with van der Waals surface area (Å²) >= 11 is 0. The van der Waals surface area contributed by atoms with Crippen LogP contribution in [0.1, 0.15) is 35.2 Å². The molecule has 2 aliphatic rings. The Morgan fingerprint density at radius 3 is 2.46 bits per heavy atom. The molecule has 26 heavy (non-hydrogen) atoms. The van der Waals surface area contributed by atoms with E-state index in [4.69, 9.17) is 0 Å². The Balaban J connectivity index is 1.27. The second kappa shape index (κ2) is 7.96. The zero-order valence-electron chi connectivity index (χ0n) is 15.1. The van der Waals surface area contributed by atoms with Crippen molar-refractivity contribution in [3.63, 3.8) is 0 Å². The molecule has 0 bridgehead atoms. The van der Waals surface area contributed by atoms with E-state index in [0.717, 1.165) is 50.6 Å². The van der Waals surface area contributed by atoms with Gasteiger partial charge in [0.25, 0.3) is 5.91 Å². The third-order valence-corrected chi connectivity index (χ3v) is 5.87.